The summed E-state index contributed by atoms with van der Waals surface area (Å²) in [5, 5.41) is 0. The van der Waals surface area contributed by atoms with Gasteiger partial charge in [-0.3, -0.25) is 9.59 Å². The first-order chi connectivity index (χ1) is 16.5. The standard InChI is InChI=1S/C30H36O5/c1-14-12-18(9-11-22(14)34-7)35-29-17(4)27(32)24-19-13-20(25(24)28(29)33)23(16(19)3)26-21(30(26,5)6)10-8-15(2)31/h9,11-12,19-21,24-26H,8,10,13H2,1-7H3/t19-,20+,21+,24+,25-,26+/m1/s1. The highest BCUT2D eigenvalue weighted by molar-refractivity contribution is 6.13. The molecule has 0 amide bonds. The van der Waals surface area contributed by atoms with Gasteiger partial charge in [-0.1, -0.05) is 25.0 Å². The third-order valence-corrected chi connectivity index (χ3v) is 9.49. The number of benzene rings is 1. The average molecular weight is 477 g/mol. The molecule has 35 heavy (non-hydrogen) atoms. The number of hydrogen-bond donors (Lipinski definition) is 0. The SMILES string of the molecule is COc1ccc(OC2=C(C)C(=O)[C@@H]3[C@H](C2=O)[C@H]2C[C@@H]3C(C)=C2[C@@H]2[C@H](CCC(C)=O)C2(C)C)cc1C. The van der Waals surface area contributed by atoms with Crippen LogP contribution in [0.2, 0.25) is 0 Å². The van der Waals surface area contributed by atoms with Crippen LogP contribution in [0, 0.1) is 47.8 Å². The lowest BCUT2D eigenvalue weighted by atomic mass is 9.66. The first-order valence-electron chi connectivity index (χ1n) is 12.8. The van der Waals surface area contributed by atoms with Gasteiger partial charge in [0.05, 0.1) is 7.11 Å². The van der Waals surface area contributed by atoms with Gasteiger partial charge >= 0.3 is 0 Å². The quantitative estimate of drug-likeness (QED) is 0.476. The van der Waals surface area contributed by atoms with Gasteiger partial charge in [-0.2, -0.15) is 0 Å². The molecule has 0 aliphatic heterocycles. The van der Waals surface area contributed by atoms with Crippen molar-refractivity contribution < 1.29 is 23.9 Å². The van der Waals surface area contributed by atoms with E-state index in [0.717, 1.165) is 24.2 Å². The summed E-state index contributed by atoms with van der Waals surface area (Å²) in [4.78, 5) is 39.1. The Hall–Kier alpha value is -2.69. The second-order valence-electron chi connectivity index (χ2n) is 11.7. The Morgan fingerprint density at radius 3 is 2.37 bits per heavy atom. The predicted molar refractivity (Wildman–Crippen MR) is 133 cm³/mol. The molecule has 4 aliphatic carbocycles. The number of hydrogen-bond acceptors (Lipinski definition) is 5. The highest BCUT2D eigenvalue weighted by Gasteiger charge is 2.66. The van der Waals surface area contributed by atoms with Crippen molar-refractivity contribution in [1.29, 1.82) is 0 Å². The van der Waals surface area contributed by atoms with Crippen molar-refractivity contribution in [2.45, 2.75) is 60.8 Å². The molecule has 6 atom stereocenters. The number of Topliss-reactive ketones (excluding diaryl/α,β-unsaturated/α-hetero) is 3. The predicted octanol–water partition coefficient (Wildman–Crippen LogP) is 5.65. The Kier molecular flexibility index (Phi) is 5.61. The minimum absolute atomic E-state index is 0.0307. The molecule has 1 aromatic rings. The van der Waals surface area contributed by atoms with E-state index < -0.39 is 0 Å². The Bertz CT molecular complexity index is 1200. The monoisotopic (exact) mass is 476 g/mol. The van der Waals surface area contributed by atoms with E-state index in [0.29, 0.717) is 29.6 Å². The second kappa shape index (κ2) is 8.18. The maximum Gasteiger partial charge on any atom is 0.202 e. The molecule has 1 aromatic carbocycles. The third kappa shape index (κ3) is 3.53. The number of rotatable bonds is 7. The van der Waals surface area contributed by atoms with Crippen LogP contribution in [-0.4, -0.2) is 24.5 Å². The zero-order valence-corrected chi connectivity index (χ0v) is 21.9. The highest BCUT2D eigenvalue weighted by atomic mass is 16.5. The maximum atomic E-state index is 13.9. The highest BCUT2D eigenvalue weighted by Crippen LogP contribution is 2.71. The number of aryl methyl sites for hydroxylation is 1. The molecule has 2 saturated carbocycles. The molecule has 0 aromatic heterocycles. The Labute approximate surface area is 207 Å². The van der Waals surface area contributed by atoms with Crippen LogP contribution >= 0.6 is 0 Å². The number of allylic oxidation sites excluding steroid dienone is 4. The molecule has 5 rings (SSSR count). The van der Waals surface area contributed by atoms with E-state index in [4.69, 9.17) is 9.47 Å². The fourth-order valence-electron chi connectivity index (χ4n) is 7.62. The zero-order valence-electron chi connectivity index (χ0n) is 21.9. The molecule has 0 unspecified atom stereocenters. The first kappa shape index (κ1) is 24.0. The van der Waals surface area contributed by atoms with Crippen molar-refractivity contribution in [3.63, 3.8) is 0 Å². The van der Waals surface area contributed by atoms with Crippen molar-refractivity contribution in [2.75, 3.05) is 7.11 Å². The zero-order chi connectivity index (χ0) is 25.4. The van der Waals surface area contributed by atoms with Gasteiger partial charge in [-0.25, -0.2) is 0 Å². The maximum absolute atomic E-state index is 13.9. The van der Waals surface area contributed by atoms with Crippen LogP contribution < -0.4 is 9.47 Å². The van der Waals surface area contributed by atoms with Gasteiger partial charge in [0, 0.05) is 23.8 Å². The van der Waals surface area contributed by atoms with E-state index in [1.54, 1.807) is 27.0 Å². The number of carbonyl (C=O) groups is 3. The Balaban J connectivity index is 1.44. The van der Waals surface area contributed by atoms with Crippen molar-refractivity contribution >= 4 is 17.3 Å². The minimum Gasteiger partial charge on any atom is -0.496 e. The summed E-state index contributed by atoms with van der Waals surface area (Å²) in [6.45, 7) is 12.1. The number of ether oxygens (including phenoxy) is 2. The van der Waals surface area contributed by atoms with Gasteiger partial charge in [0.1, 0.15) is 17.3 Å². The topological polar surface area (TPSA) is 69.7 Å². The fourth-order valence-corrected chi connectivity index (χ4v) is 7.62. The summed E-state index contributed by atoms with van der Waals surface area (Å²) in [6, 6.07) is 5.43. The minimum atomic E-state index is -0.339. The normalized spacial score (nSPS) is 32.8. The number of fused-ring (bicyclic) bond motifs is 5. The molecular weight excluding hydrogens is 440 g/mol. The van der Waals surface area contributed by atoms with Crippen molar-refractivity contribution in [3.8, 4) is 11.5 Å². The number of carbonyl (C=O) groups excluding carboxylic acids is 3. The second-order valence-corrected chi connectivity index (χ2v) is 11.7. The molecule has 0 radical (unpaired) electrons. The van der Waals surface area contributed by atoms with Gasteiger partial charge in [0.25, 0.3) is 0 Å². The van der Waals surface area contributed by atoms with Crippen LogP contribution in [-0.2, 0) is 14.4 Å². The van der Waals surface area contributed by atoms with Crippen molar-refractivity contribution in [3.05, 3.63) is 46.2 Å². The summed E-state index contributed by atoms with van der Waals surface area (Å²) in [6.07, 6.45) is 2.38. The van der Waals surface area contributed by atoms with Gasteiger partial charge in [-0.05, 0) is 93.4 Å². The van der Waals surface area contributed by atoms with Crippen LogP contribution in [0.3, 0.4) is 0 Å². The molecule has 5 nitrogen and oxygen atoms in total. The lowest BCUT2D eigenvalue weighted by Crippen LogP contribution is -2.43. The molecule has 0 saturated heterocycles. The molecular formula is C30H36O5. The van der Waals surface area contributed by atoms with Gasteiger partial charge in [-0.15, -0.1) is 0 Å². The molecule has 2 bridgehead atoms. The summed E-state index contributed by atoms with van der Waals surface area (Å²) in [5.41, 5.74) is 4.19. The van der Waals surface area contributed by atoms with E-state index >= 15 is 0 Å². The fraction of sp³-hybridized carbons (Fsp3) is 0.567. The summed E-state index contributed by atoms with van der Waals surface area (Å²) >= 11 is 0. The molecule has 0 N–H and O–H groups in total. The van der Waals surface area contributed by atoms with Crippen molar-refractivity contribution in [1.82, 2.24) is 0 Å². The first-order valence-corrected chi connectivity index (χ1v) is 12.8. The molecule has 186 valence electrons. The van der Waals surface area contributed by atoms with Crippen LogP contribution in [0.1, 0.15) is 59.4 Å². The molecule has 5 heteroatoms. The Morgan fingerprint density at radius 2 is 1.74 bits per heavy atom. The smallest absolute Gasteiger partial charge is 0.202 e. The molecule has 0 heterocycles. The number of methoxy groups -OCH3 is 1. The third-order valence-electron chi connectivity index (χ3n) is 9.49. The van der Waals surface area contributed by atoms with E-state index in [2.05, 4.69) is 20.8 Å². The van der Waals surface area contributed by atoms with Crippen LogP contribution in [0.15, 0.2) is 40.7 Å². The summed E-state index contributed by atoms with van der Waals surface area (Å²) in [7, 11) is 1.62. The molecule has 0 spiro atoms. The van der Waals surface area contributed by atoms with Crippen LogP contribution in [0.25, 0.3) is 0 Å². The summed E-state index contributed by atoms with van der Waals surface area (Å²) < 4.78 is 11.4. The van der Waals surface area contributed by atoms with Gasteiger partial charge in [0.2, 0.25) is 5.78 Å². The van der Waals surface area contributed by atoms with E-state index in [1.807, 2.05) is 19.1 Å². The van der Waals surface area contributed by atoms with Crippen LogP contribution in [0.4, 0.5) is 0 Å². The summed E-state index contributed by atoms with van der Waals surface area (Å²) in [5.74, 6) is 2.23. The molecule has 2 fully saturated rings. The largest absolute Gasteiger partial charge is 0.496 e. The number of ketones is 3. The lowest BCUT2D eigenvalue weighted by molar-refractivity contribution is -0.133. The van der Waals surface area contributed by atoms with E-state index in [-0.39, 0.29) is 52.2 Å². The Morgan fingerprint density at radius 1 is 1.06 bits per heavy atom. The van der Waals surface area contributed by atoms with Gasteiger partial charge < -0.3 is 14.3 Å². The van der Waals surface area contributed by atoms with E-state index in [1.165, 1.54) is 11.1 Å². The van der Waals surface area contributed by atoms with E-state index in [9.17, 15) is 14.4 Å². The van der Waals surface area contributed by atoms with Crippen LogP contribution in [0.5, 0.6) is 11.5 Å². The van der Waals surface area contributed by atoms with Gasteiger partial charge in [0.15, 0.2) is 11.5 Å². The molecule has 4 aliphatic rings. The lowest BCUT2D eigenvalue weighted by Gasteiger charge is -2.36. The van der Waals surface area contributed by atoms with Crippen molar-refractivity contribution in [2.24, 2.45) is 40.9 Å². The average Bonchev–Trinajstić information content (AvgIpc) is 3.07.